The zero-order valence-electron chi connectivity index (χ0n) is 17.1. The number of carbonyl (C=O) groups is 1. The van der Waals surface area contributed by atoms with Crippen LogP contribution in [0, 0.1) is 0 Å². The fraction of sp³-hybridized carbons (Fsp3) is 0.261. The van der Waals surface area contributed by atoms with E-state index in [1.807, 2.05) is 43.3 Å². The first-order chi connectivity index (χ1) is 14.6. The molecule has 156 valence electrons. The summed E-state index contributed by atoms with van der Waals surface area (Å²) in [5, 5.41) is 7.27. The summed E-state index contributed by atoms with van der Waals surface area (Å²) in [7, 11) is 1.61. The number of carbonyl (C=O) groups excluding carboxylic acids is 1. The first kappa shape index (κ1) is 21.1. The molecule has 0 radical (unpaired) electrons. The highest BCUT2D eigenvalue weighted by Crippen LogP contribution is 2.19. The SMILES string of the molecule is CCOc1ccc(NC(=O)CCCn2nc(-c3ccc(OC)cc3)ccc2=O)cc1. The number of nitrogens with one attached hydrogen (secondary N) is 1. The van der Waals surface area contributed by atoms with Crippen molar-refractivity contribution < 1.29 is 14.3 Å². The highest BCUT2D eigenvalue weighted by molar-refractivity contribution is 5.90. The van der Waals surface area contributed by atoms with Gasteiger partial charge in [-0.3, -0.25) is 9.59 Å². The topological polar surface area (TPSA) is 82.4 Å². The summed E-state index contributed by atoms with van der Waals surface area (Å²) in [6, 6.07) is 17.9. The van der Waals surface area contributed by atoms with Crippen LogP contribution in [0.3, 0.4) is 0 Å². The third-order valence-electron chi connectivity index (χ3n) is 4.48. The van der Waals surface area contributed by atoms with Crippen LogP contribution < -0.4 is 20.3 Å². The Labute approximate surface area is 175 Å². The van der Waals surface area contributed by atoms with E-state index in [1.54, 1.807) is 25.3 Å². The Hall–Kier alpha value is -3.61. The van der Waals surface area contributed by atoms with Crippen LogP contribution >= 0.6 is 0 Å². The fourth-order valence-corrected chi connectivity index (χ4v) is 2.94. The molecule has 0 aliphatic carbocycles. The molecule has 7 heteroatoms. The maximum atomic E-state index is 12.2. The third kappa shape index (κ3) is 5.70. The average molecular weight is 407 g/mol. The highest BCUT2D eigenvalue weighted by Gasteiger charge is 2.07. The predicted molar refractivity (Wildman–Crippen MR) is 116 cm³/mol. The van der Waals surface area contributed by atoms with Crippen LogP contribution in [-0.2, 0) is 11.3 Å². The number of amides is 1. The molecule has 1 amide bonds. The van der Waals surface area contributed by atoms with Gasteiger partial charge < -0.3 is 14.8 Å². The van der Waals surface area contributed by atoms with Crippen LogP contribution in [0.15, 0.2) is 65.5 Å². The molecule has 30 heavy (non-hydrogen) atoms. The Balaban J connectivity index is 1.56. The molecule has 2 aromatic carbocycles. The summed E-state index contributed by atoms with van der Waals surface area (Å²) in [5.41, 5.74) is 2.09. The lowest BCUT2D eigenvalue weighted by atomic mass is 10.1. The molecule has 0 saturated heterocycles. The summed E-state index contributed by atoms with van der Waals surface area (Å²) in [6.07, 6.45) is 0.788. The molecule has 1 heterocycles. The van der Waals surface area contributed by atoms with E-state index < -0.39 is 0 Å². The molecule has 0 unspecified atom stereocenters. The van der Waals surface area contributed by atoms with Gasteiger partial charge in [0.05, 0.1) is 19.4 Å². The maximum Gasteiger partial charge on any atom is 0.266 e. The second kappa shape index (κ2) is 10.2. The predicted octanol–water partition coefficient (Wildman–Crippen LogP) is 3.74. The number of ether oxygens (including phenoxy) is 2. The normalized spacial score (nSPS) is 10.5. The summed E-state index contributed by atoms with van der Waals surface area (Å²) in [4.78, 5) is 24.3. The van der Waals surface area contributed by atoms with Gasteiger partial charge in [0.25, 0.3) is 5.56 Å². The standard InChI is InChI=1S/C23H25N3O4/c1-3-30-20-12-8-18(9-13-20)24-22(27)5-4-16-26-23(28)15-14-21(25-26)17-6-10-19(29-2)11-7-17/h6-15H,3-5,16H2,1-2H3,(H,24,27). The summed E-state index contributed by atoms with van der Waals surface area (Å²) < 4.78 is 11.9. The van der Waals surface area contributed by atoms with Gasteiger partial charge in [0, 0.05) is 30.3 Å². The molecule has 0 atom stereocenters. The number of aryl methyl sites for hydroxylation is 1. The Bertz CT molecular complexity index is 1030. The summed E-state index contributed by atoms with van der Waals surface area (Å²) >= 11 is 0. The zero-order chi connectivity index (χ0) is 21.3. The number of hydrogen-bond acceptors (Lipinski definition) is 5. The lowest BCUT2D eigenvalue weighted by Gasteiger charge is -2.09. The molecule has 3 rings (SSSR count). The minimum atomic E-state index is -0.195. The van der Waals surface area contributed by atoms with E-state index in [0.29, 0.717) is 31.0 Å². The van der Waals surface area contributed by atoms with Gasteiger partial charge in [0.15, 0.2) is 0 Å². The lowest BCUT2D eigenvalue weighted by Crippen LogP contribution is -2.23. The van der Waals surface area contributed by atoms with Crippen LogP contribution in [0.1, 0.15) is 19.8 Å². The highest BCUT2D eigenvalue weighted by atomic mass is 16.5. The van der Waals surface area contributed by atoms with Gasteiger partial charge in [0.2, 0.25) is 5.91 Å². The van der Waals surface area contributed by atoms with Crippen LogP contribution in [0.25, 0.3) is 11.3 Å². The number of aromatic nitrogens is 2. The summed E-state index contributed by atoms with van der Waals surface area (Å²) in [5.74, 6) is 1.40. The quantitative estimate of drug-likeness (QED) is 0.584. The van der Waals surface area contributed by atoms with Gasteiger partial charge in [-0.25, -0.2) is 4.68 Å². The smallest absolute Gasteiger partial charge is 0.266 e. The second-order valence-electron chi connectivity index (χ2n) is 6.62. The monoisotopic (exact) mass is 407 g/mol. The molecular weight excluding hydrogens is 382 g/mol. The number of methoxy groups -OCH3 is 1. The molecule has 0 aliphatic heterocycles. The van der Waals surface area contributed by atoms with Crippen molar-refractivity contribution in [2.45, 2.75) is 26.3 Å². The Morgan fingerprint density at radius 3 is 2.37 bits per heavy atom. The molecule has 1 N–H and O–H groups in total. The van der Waals surface area contributed by atoms with Gasteiger partial charge in [-0.05, 0) is 67.9 Å². The molecule has 3 aromatic rings. The average Bonchev–Trinajstić information content (AvgIpc) is 2.77. The Kier molecular flexibility index (Phi) is 7.21. The van der Waals surface area contributed by atoms with Gasteiger partial charge in [-0.2, -0.15) is 5.10 Å². The van der Waals surface area contributed by atoms with Crippen molar-refractivity contribution in [3.05, 3.63) is 71.0 Å². The van der Waals surface area contributed by atoms with Gasteiger partial charge in [-0.15, -0.1) is 0 Å². The molecule has 0 bridgehead atoms. The lowest BCUT2D eigenvalue weighted by molar-refractivity contribution is -0.116. The van der Waals surface area contributed by atoms with E-state index in [9.17, 15) is 9.59 Å². The van der Waals surface area contributed by atoms with Crippen molar-refractivity contribution in [2.24, 2.45) is 0 Å². The minimum Gasteiger partial charge on any atom is -0.497 e. The van der Waals surface area contributed by atoms with Crippen LogP contribution in [0.2, 0.25) is 0 Å². The van der Waals surface area contributed by atoms with E-state index in [2.05, 4.69) is 10.4 Å². The van der Waals surface area contributed by atoms with E-state index in [0.717, 1.165) is 17.1 Å². The van der Waals surface area contributed by atoms with E-state index in [1.165, 1.54) is 10.7 Å². The Morgan fingerprint density at radius 1 is 1.00 bits per heavy atom. The van der Waals surface area contributed by atoms with Crippen molar-refractivity contribution in [2.75, 3.05) is 19.0 Å². The van der Waals surface area contributed by atoms with E-state index in [4.69, 9.17) is 9.47 Å². The van der Waals surface area contributed by atoms with Crippen molar-refractivity contribution in [1.29, 1.82) is 0 Å². The molecule has 0 aliphatic rings. The maximum absolute atomic E-state index is 12.2. The van der Waals surface area contributed by atoms with Gasteiger partial charge >= 0.3 is 0 Å². The Morgan fingerprint density at radius 2 is 1.70 bits per heavy atom. The van der Waals surface area contributed by atoms with Gasteiger partial charge in [-0.1, -0.05) is 0 Å². The number of anilines is 1. The van der Waals surface area contributed by atoms with Crippen LogP contribution in [-0.4, -0.2) is 29.4 Å². The fourth-order valence-electron chi connectivity index (χ4n) is 2.94. The molecule has 0 spiro atoms. The molecule has 0 fully saturated rings. The van der Waals surface area contributed by atoms with Crippen LogP contribution in [0.5, 0.6) is 11.5 Å². The number of rotatable bonds is 9. The van der Waals surface area contributed by atoms with E-state index >= 15 is 0 Å². The summed E-state index contributed by atoms with van der Waals surface area (Å²) in [6.45, 7) is 2.88. The third-order valence-corrected chi connectivity index (χ3v) is 4.48. The minimum absolute atomic E-state index is 0.112. The largest absolute Gasteiger partial charge is 0.497 e. The van der Waals surface area contributed by atoms with Crippen LogP contribution in [0.4, 0.5) is 5.69 Å². The molecule has 0 saturated carbocycles. The van der Waals surface area contributed by atoms with Crippen molar-refractivity contribution >= 4 is 11.6 Å². The second-order valence-corrected chi connectivity index (χ2v) is 6.62. The van der Waals surface area contributed by atoms with E-state index in [-0.39, 0.29) is 17.9 Å². The van der Waals surface area contributed by atoms with Gasteiger partial charge in [0.1, 0.15) is 11.5 Å². The van der Waals surface area contributed by atoms with Crippen molar-refractivity contribution in [3.63, 3.8) is 0 Å². The first-order valence-corrected chi connectivity index (χ1v) is 9.84. The number of benzene rings is 2. The number of hydrogen-bond donors (Lipinski definition) is 1. The molecular formula is C23H25N3O4. The molecule has 1 aromatic heterocycles. The number of nitrogens with zero attached hydrogens (tertiary/aromatic N) is 2. The molecule has 7 nitrogen and oxygen atoms in total. The van der Waals surface area contributed by atoms with Crippen molar-refractivity contribution in [3.8, 4) is 22.8 Å². The zero-order valence-corrected chi connectivity index (χ0v) is 17.1. The van der Waals surface area contributed by atoms with Crippen molar-refractivity contribution in [1.82, 2.24) is 9.78 Å². The first-order valence-electron chi connectivity index (χ1n) is 9.84.